The Hall–Kier alpha value is -3.00. The minimum absolute atomic E-state index is 0.00271. The Bertz CT molecular complexity index is 745. The number of amides is 1. The number of hydrogen-bond acceptors (Lipinski definition) is 4. The molecule has 5 heteroatoms. The third-order valence-corrected chi connectivity index (χ3v) is 4.36. The van der Waals surface area contributed by atoms with E-state index < -0.39 is 6.10 Å². The maximum atomic E-state index is 12.6. The van der Waals surface area contributed by atoms with Crippen LogP contribution in [-0.2, 0) is 4.79 Å². The van der Waals surface area contributed by atoms with Crippen molar-refractivity contribution in [3.05, 3.63) is 60.2 Å². The largest absolute Gasteiger partial charge is 0.481 e. The smallest absolute Gasteiger partial charge is 0.263 e. The van der Waals surface area contributed by atoms with Crippen LogP contribution >= 0.6 is 0 Å². The number of anilines is 1. The number of benzene rings is 2. The molecule has 2 aromatic rings. The Morgan fingerprint density at radius 1 is 1.04 bits per heavy atom. The first kappa shape index (κ1) is 16.8. The molecular formula is C20H21N3O2. The van der Waals surface area contributed by atoms with E-state index in [0.29, 0.717) is 24.4 Å². The monoisotopic (exact) mass is 335 g/mol. The van der Waals surface area contributed by atoms with E-state index in [1.807, 2.05) is 23.1 Å². The fraction of sp³-hybridized carbons (Fsp3) is 0.300. The number of carbonyl (C=O) groups is 1. The molecule has 0 radical (unpaired) electrons. The van der Waals surface area contributed by atoms with Gasteiger partial charge in [-0.2, -0.15) is 5.26 Å². The second-order valence-corrected chi connectivity index (χ2v) is 6.04. The molecule has 5 nitrogen and oxygen atoms in total. The van der Waals surface area contributed by atoms with Crippen LogP contribution in [0, 0.1) is 11.3 Å². The number of carbonyl (C=O) groups excluding carboxylic acids is 1. The molecule has 25 heavy (non-hydrogen) atoms. The second kappa shape index (κ2) is 7.71. The number of ether oxygens (including phenoxy) is 1. The SMILES string of the molecule is C[C@H](Oc1ccc(C#N)cc1)C(=O)N1CCN(c2ccccc2)CC1. The summed E-state index contributed by atoms with van der Waals surface area (Å²) in [5.41, 5.74) is 1.76. The van der Waals surface area contributed by atoms with Gasteiger partial charge in [0, 0.05) is 31.9 Å². The van der Waals surface area contributed by atoms with Gasteiger partial charge in [-0.25, -0.2) is 0 Å². The lowest BCUT2D eigenvalue weighted by Crippen LogP contribution is -2.52. The summed E-state index contributed by atoms with van der Waals surface area (Å²) in [4.78, 5) is 16.7. The van der Waals surface area contributed by atoms with Crippen LogP contribution < -0.4 is 9.64 Å². The Morgan fingerprint density at radius 2 is 1.68 bits per heavy atom. The van der Waals surface area contributed by atoms with E-state index in [4.69, 9.17) is 10.00 Å². The lowest BCUT2D eigenvalue weighted by molar-refractivity contribution is -0.138. The normalized spacial score (nSPS) is 15.4. The summed E-state index contributed by atoms with van der Waals surface area (Å²) in [6.07, 6.45) is -0.545. The molecule has 0 aliphatic carbocycles. The standard InChI is InChI=1S/C20H21N3O2/c1-16(25-19-9-7-17(15-21)8-10-19)20(24)23-13-11-22(12-14-23)18-5-3-2-4-6-18/h2-10,16H,11-14H2,1H3/t16-/m0/s1. The lowest BCUT2D eigenvalue weighted by atomic mass is 10.2. The third kappa shape index (κ3) is 4.10. The van der Waals surface area contributed by atoms with Crippen LogP contribution in [0.1, 0.15) is 12.5 Å². The van der Waals surface area contributed by atoms with Crippen molar-refractivity contribution >= 4 is 11.6 Å². The zero-order valence-corrected chi connectivity index (χ0v) is 14.3. The highest BCUT2D eigenvalue weighted by atomic mass is 16.5. The van der Waals surface area contributed by atoms with Crippen molar-refractivity contribution in [1.29, 1.82) is 5.26 Å². The molecule has 128 valence electrons. The number of nitrogens with zero attached hydrogens (tertiary/aromatic N) is 3. The summed E-state index contributed by atoms with van der Waals surface area (Å²) in [6, 6.07) is 19.1. The van der Waals surface area contributed by atoms with Gasteiger partial charge in [0.1, 0.15) is 5.75 Å². The summed E-state index contributed by atoms with van der Waals surface area (Å²) in [7, 11) is 0. The van der Waals surface area contributed by atoms with E-state index in [1.54, 1.807) is 31.2 Å². The Morgan fingerprint density at radius 3 is 2.28 bits per heavy atom. The molecule has 0 aromatic heterocycles. The number of nitriles is 1. The van der Waals surface area contributed by atoms with E-state index in [2.05, 4.69) is 23.1 Å². The van der Waals surface area contributed by atoms with Gasteiger partial charge in [0.2, 0.25) is 0 Å². The Kier molecular flexibility index (Phi) is 5.20. The Labute approximate surface area is 148 Å². The predicted octanol–water partition coefficient (Wildman–Crippen LogP) is 2.67. The van der Waals surface area contributed by atoms with Crippen LogP contribution in [0.15, 0.2) is 54.6 Å². The van der Waals surface area contributed by atoms with Gasteiger partial charge >= 0.3 is 0 Å². The molecule has 3 rings (SSSR count). The fourth-order valence-electron chi connectivity index (χ4n) is 2.94. The molecule has 1 aliphatic rings. The first-order valence-corrected chi connectivity index (χ1v) is 8.43. The Balaban J connectivity index is 1.54. The van der Waals surface area contributed by atoms with Crippen molar-refractivity contribution < 1.29 is 9.53 Å². The predicted molar refractivity (Wildman–Crippen MR) is 96.5 cm³/mol. The molecule has 1 fully saturated rings. The highest BCUT2D eigenvalue weighted by Gasteiger charge is 2.26. The zero-order valence-electron chi connectivity index (χ0n) is 14.3. The topological polar surface area (TPSA) is 56.6 Å². The summed E-state index contributed by atoms with van der Waals surface area (Å²) in [6.45, 7) is 4.78. The number of para-hydroxylation sites is 1. The van der Waals surface area contributed by atoms with Gasteiger partial charge in [-0.05, 0) is 43.3 Å². The summed E-state index contributed by atoms with van der Waals surface area (Å²) >= 11 is 0. The van der Waals surface area contributed by atoms with Crippen LogP contribution in [0.25, 0.3) is 0 Å². The minimum Gasteiger partial charge on any atom is -0.481 e. The van der Waals surface area contributed by atoms with Gasteiger partial charge < -0.3 is 14.5 Å². The maximum absolute atomic E-state index is 12.6. The summed E-state index contributed by atoms with van der Waals surface area (Å²) in [5, 5.41) is 8.82. The lowest BCUT2D eigenvalue weighted by Gasteiger charge is -2.37. The van der Waals surface area contributed by atoms with Gasteiger partial charge in [0.05, 0.1) is 11.6 Å². The average Bonchev–Trinajstić information content (AvgIpc) is 2.69. The van der Waals surface area contributed by atoms with Crippen molar-refractivity contribution in [3.8, 4) is 11.8 Å². The molecule has 1 aliphatic heterocycles. The molecule has 0 N–H and O–H groups in total. The highest BCUT2D eigenvalue weighted by molar-refractivity contribution is 5.81. The zero-order chi connectivity index (χ0) is 17.6. The van der Waals surface area contributed by atoms with Gasteiger partial charge in [0.25, 0.3) is 5.91 Å². The first-order valence-electron chi connectivity index (χ1n) is 8.43. The van der Waals surface area contributed by atoms with Crippen molar-refractivity contribution in [2.45, 2.75) is 13.0 Å². The molecule has 1 saturated heterocycles. The molecule has 1 heterocycles. The molecule has 0 unspecified atom stereocenters. The van der Waals surface area contributed by atoms with Crippen molar-refractivity contribution in [2.24, 2.45) is 0 Å². The summed E-state index contributed by atoms with van der Waals surface area (Å²) in [5.74, 6) is 0.597. The van der Waals surface area contributed by atoms with E-state index in [1.165, 1.54) is 5.69 Å². The van der Waals surface area contributed by atoms with E-state index in [0.717, 1.165) is 13.1 Å². The molecule has 0 saturated carbocycles. The van der Waals surface area contributed by atoms with E-state index in [9.17, 15) is 4.79 Å². The number of rotatable bonds is 4. The quantitative estimate of drug-likeness (QED) is 0.862. The first-order chi connectivity index (χ1) is 12.2. The van der Waals surface area contributed by atoms with E-state index >= 15 is 0 Å². The molecule has 1 atom stereocenters. The van der Waals surface area contributed by atoms with Gasteiger partial charge in [-0.3, -0.25) is 4.79 Å². The van der Waals surface area contributed by atoms with Crippen molar-refractivity contribution in [2.75, 3.05) is 31.1 Å². The maximum Gasteiger partial charge on any atom is 0.263 e. The van der Waals surface area contributed by atoms with Crippen LogP contribution in [0.4, 0.5) is 5.69 Å². The second-order valence-electron chi connectivity index (χ2n) is 6.04. The molecule has 0 bridgehead atoms. The number of piperazine rings is 1. The van der Waals surface area contributed by atoms with Crippen LogP contribution in [0.5, 0.6) is 5.75 Å². The van der Waals surface area contributed by atoms with Crippen LogP contribution in [0.2, 0.25) is 0 Å². The van der Waals surface area contributed by atoms with Crippen molar-refractivity contribution in [1.82, 2.24) is 4.90 Å². The average molecular weight is 335 g/mol. The van der Waals surface area contributed by atoms with Gasteiger partial charge in [-0.15, -0.1) is 0 Å². The summed E-state index contributed by atoms with van der Waals surface area (Å²) < 4.78 is 5.73. The molecular weight excluding hydrogens is 314 g/mol. The fourth-order valence-corrected chi connectivity index (χ4v) is 2.94. The van der Waals surface area contributed by atoms with E-state index in [-0.39, 0.29) is 5.91 Å². The highest BCUT2D eigenvalue weighted by Crippen LogP contribution is 2.18. The third-order valence-electron chi connectivity index (χ3n) is 4.36. The minimum atomic E-state index is -0.545. The van der Waals surface area contributed by atoms with Crippen molar-refractivity contribution in [3.63, 3.8) is 0 Å². The van der Waals surface area contributed by atoms with Gasteiger partial charge in [-0.1, -0.05) is 18.2 Å². The molecule has 0 spiro atoms. The molecule has 2 aromatic carbocycles. The number of hydrogen-bond donors (Lipinski definition) is 0. The van der Waals surface area contributed by atoms with Crippen LogP contribution in [-0.4, -0.2) is 43.1 Å². The van der Waals surface area contributed by atoms with Crippen LogP contribution in [0.3, 0.4) is 0 Å². The van der Waals surface area contributed by atoms with Gasteiger partial charge in [0.15, 0.2) is 6.10 Å². The molecule has 1 amide bonds.